The minimum absolute atomic E-state index is 0.121. The van der Waals surface area contributed by atoms with Gasteiger partial charge < -0.3 is 14.2 Å². The summed E-state index contributed by atoms with van der Waals surface area (Å²) in [4.78, 5) is 12.0. The van der Waals surface area contributed by atoms with Crippen molar-refractivity contribution in [3.05, 3.63) is 83.9 Å². The number of nitrogens with zero attached hydrogens (tertiary/aromatic N) is 1. The van der Waals surface area contributed by atoms with Crippen molar-refractivity contribution in [2.45, 2.75) is 38.2 Å². The van der Waals surface area contributed by atoms with Crippen LogP contribution in [0.25, 0.3) is 0 Å². The molecule has 1 N–H and O–H groups in total. The lowest BCUT2D eigenvalue weighted by atomic mass is 10.2. The van der Waals surface area contributed by atoms with Gasteiger partial charge in [-0.05, 0) is 17.5 Å². The van der Waals surface area contributed by atoms with Crippen LogP contribution >= 0.6 is 0 Å². The summed E-state index contributed by atoms with van der Waals surface area (Å²) >= 11 is 0. The standard InChI is InChI=1S/C23H27NO5/c25-23(29-18-20-10-5-2-6-11-20)24(26)21-12-13-22(16-21)28-15-7-14-27-17-19-8-3-1-4-9-19/h1-6,8-13,21-22,26H,7,14-18H2/t21-,22+/m0/s1. The minimum Gasteiger partial charge on any atom is -0.443 e. The molecule has 0 aliphatic heterocycles. The molecular formula is C23H27NO5. The number of carbonyl (C=O) groups is 1. The Balaban J connectivity index is 1.27. The molecule has 2 atom stereocenters. The molecule has 0 radical (unpaired) electrons. The molecule has 3 rings (SSSR count). The summed E-state index contributed by atoms with van der Waals surface area (Å²) in [6, 6.07) is 18.9. The first-order chi connectivity index (χ1) is 14.2. The lowest BCUT2D eigenvalue weighted by Gasteiger charge is -2.21. The van der Waals surface area contributed by atoms with Crippen LogP contribution in [0.15, 0.2) is 72.8 Å². The average Bonchev–Trinajstić information content (AvgIpc) is 3.24. The first-order valence-electron chi connectivity index (χ1n) is 9.83. The number of hydroxylamine groups is 2. The molecule has 1 aliphatic rings. The predicted molar refractivity (Wildman–Crippen MR) is 108 cm³/mol. The third-order valence-electron chi connectivity index (χ3n) is 4.60. The van der Waals surface area contributed by atoms with E-state index >= 15 is 0 Å². The van der Waals surface area contributed by atoms with Gasteiger partial charge in [-0.1, -0.05) is 72.8 Å². The zero-order valence-electron chi connectivity index (χ0n) is 16.4. The van der Waals surface area contributed by atoms with E-state index in [4.69, 9.17) is 14.2 Å². The molecule has 0 spiro atoms. The van der Waals surface area contributed by atoms with E-state index in [1.54, 1.807) is 6.08 Å². The number of carbonyl (C=O) groups excluding carboxylic acids is 1. The average molecular weight is 397 g/mol. The van der Waals surface area contributed by atoms with Gasteiger partial charge in [0.15, 0.2) is 0 Å². The molecule has 6 nitrogen and oxygen atoms in total. The quantitative estimate of drug-likeness (QED) is 0.280. The molecule has 154 valence electrons. The van der Waals surface area contributed by atoms with Crippen LogP contribution in [0.2, 0.25) is 0 Å². The first kappa shape index (κ1) is 21.0. The fraction of sp³-hybridized carbons (Fsp3) is 0.348. The molecule has 0 unspecified atom stereocenters. The van der Waals surface area contributed by atoms with Gasteiger partial charge in [0.1, 0.15) is 6.61 Å². The fourth-order valence-corrected chi connectivity index (χ4v) is 3.03. The van der Waals surface area contributed by atoms with Gasteiger partial charge in [-0.3, -0.25) is 5.21 Å². The van der Waals surface area contributed by atoms with Crippen molar-refractivity contribution in [3.63, 3.8) is 0 Å². The molecule has 2 aromatic carbocycles. The Bertz CT molecular complexity index is 765. The third-order valence-corrected chi connectivity index (χ3v) is 4.60. The van der Waals surface area contributed by atoms with E-state index in [1.807, 2.05) is 66.7 Å². The summed E-state index contributed by atoms with van der Waals surface area (Å²) in [5, 5.41) is 10.7. The van der Waals surface area contributed by atoms with Gasteiger partial charge >= 0.3 is 6.09 Å². The molecule has 0 saturated heterocycles. The Kier molecular flexibility index (Phi) is 8.25. The van der Waals surface area contributed by atoms with Gasteiger partial charge in [0.2, 0.25) is 0 Å². The minimum atomic E-state index is -0.765. The van der Waals surface area contributed by atoms with E-state index in [2.05, 4.69) is 0 Å². The van der Waals surface area contributed by atoms with Gasteiger partial charge in [0.05, 0.1) is 18.8 Å². The van der Waals surface area contributed by atoms with E-state index in [9.17, 15) is 10.0 Å². The monoisotopic (exact) mass is 397 g/mol. The van der Waals surface area contributed by atoms with Crippen molar-refractivity contribution in [1.82, 2.24) is 5.06 Å². The summed E-state index contributed by atoms with van der Waals surface area (Å²) in [6.07, 6.45) is 4.01. The van der Waals surface area contributed by atoms with Crippen molar-refractivity contribution in [3.8, 4) is 0 Å². The molecule has 0 saturated carbocycles. The van der Waals surface area contributed by atoms with Crippen LogP contribution in [0.5, 0.6) is 0 Å². The largest absolute Gasteiger partial charge is 0.443 e. The van der Waals surface area contributed by atoms with Crippen LogP contribution in [0, 0.1) is 0 Å². The molecule has 0 fully saturated rings. The number of hydrogen-bond acceptors (Lipinski definition) is 5. The highest BCUT2D eigenvalue weighted by Gasteiger charge is 2.28. The van der Waals surface area contributed by atoms with Gasteiger partial charge in [-0.25, -0.2) is 4.79 Å². The van der Waals surface area contributed by atoms with E-state index in [-0.39, 0.29) is 12.7 Å². The second kappa shape index (κ2) is 11.4. The maximum atomic E-state index is 12.0. The highest BCUT2D eigenvalue weighted by Crippen LogP contribution is 2.19. The Morgan fingerprint density at radius 2 is 1.59 bits per heavy atom. The van der Waals surface area contributed by atoms with Gasteiger partial charge in [0.25, 0.3) is 0 Å². The van der Waals surface area contributed by atoms with E-state index in [1.165, 1.54) is 0 Å². The van der Waals surface area contributed by atoms with Gasteiger partial charge in [0, 0.05) is 19.6 Å². The van der Waals surface area contributed by atoms with E-state index < -0.39 is 12.1 Å². The molecule has 1 amide bonds. The van der Waals surface area contributed by atoms with E-state index in [0.29, 0.717) is 31.3 Å². The fourth-order valence-electron chi connectivity index (χ4n) is 3.03. The zero-order chi connectivity index (χ0) is 20.3. The molecule has 0 aromatic heterocycles. The molecule has 6 heteroatoms. The van der Waals surface area contributed by atoms with Gasteiger partial charge in [-0.15, -0.1) is 0 Å². The second-order valence-corrected chi connectivity index (χ2v) is 6.87. The normalized spacial score (nSPS) is 18.0. The second-order valence-electron chi connectivity index (χ2n) is 6.87. The number of amides is 1. The number of ether oxygens (including phenoxy) is 3. The number of benzene rings is 2. The SMILES string of the molecule is O=C(OCc1ccccc1)N(O)[C@H]1C=C[C@@H](OCCCOCc2ccccc2)C1. The Morgan fingerprint density at radius 3 is 2.28 bits per heavy atom. The van der Waals surface area contributed by atoms with Crippen LogP contribution in [-0.4, -0.2) is 41.7 Å². The van der Waals surface area contributed by atoms with E-state index in [0.717, 1.165) is 17.5 Å². The summed E-state index contributed by atoms with van der Waals surface area (Å²) in [7, 11) is 0. The molecule has 0 bridgehead atoms. The van der Waals surface area contributed by atoms with Crippen LogP contribution in [0.4, 0.5) is 4.79 Å². The first-order valence-corrected chi connectivity index (χ1v) is 9.83. The summed E-state index contributed by atoms with van der Waals surface area (Å²) in [5.41, 5.74) is 2.02. The lowest BCUT2D eigenvalue weighted by Crippen LogP contribution is -2.36. The van der Waals surface area contributed by atoms with Crippen molar-refractivity contribution >= 4 is 6.09 Å². The maximum absolute atomic E-state index is 12.0. The summed E-state index contributed by atoms with van der Waals surface area (Å²) < 4.78 is 16.6. The maximum Gasteiger partial charge on any atom is 0.434 e. The van der Waals surface area contributed by atoms with Crippen molar-refractivity contribution in [2.75, 3.05) is 13.2 Å². The van der Waals surface area contributed by atoms with Crippen LogP contribution < -0.4 is 0 Å². The highest BCUT2D eigenvalue weighted by molar-refractivity contribution is 5.67. The summed E-state index contributed by atoms with van der Waals surface area (Å²) in [5.74, 6) is 0. The zero-order valence-corrected chi connectivity index (χ0v) is 16.4. The van der Waals surface area contributed by atoms with Crippen LogP contribution in [0.3, 0.4) is 0 Å². The topological polar surface area (TPSA) is 68.2 Å². The van der Waals surface area contributed by atoms with Crippen molar-refractivity contribution in [2.24, 2.45) is 0 Å². The third kappa shape index (κ3) is 7.02. The smallest absolute Gasteiger partial charge is 0.434 e. The highest BCUT2D eigenvalue weighted by atomic mass is 16.6. The Morgan fingerprint density at radius 1 is 0.931 bits per heavy atom. The molecular weight excluding hydrogens is 370 g/mol. The molecule has 1 aliphatic carbocycles. The molecule has 0 heterocycles. The van der Waals surface area contributed by atoms with Gasteiger partial charge in [-0.2, -0.15) is 5.06 Å². The number of hydrogen-bond donors (Lipinski definition) is 1. The van der Waals surface area contributed by atoms with Crippen LogP contribution in [0.1, 0.15) is 24.0 Å². The summed E-state index contributed by atoms with van der Waals surface area (Å²) in [6.45, 7) is 1.89. The molecule has 2 aromatic rings. The molecule has 29 heavy (non-hydrogen) atoms. The lowest BCUT2D eigenvalue weighted by molar-refractivity contribution is -0.0994. The van der Waals surface area contributed by atoms with Crippen molar-refractivity contribution < 1.29 is 24.2 Å². The number of rotatable bonds is 10. The Labute approximate surface area is 171 Å². The predicted octanol–water partition coefficient (Wildman–Crippen LogP) is 4.34. The van der Waals surface area contributed by atoms with Crippen molar-refractivity contribution in [1.29, 1.82) is 0 Å². The van der Waals surface area contributed by atoms with Crippen LogP contribution in [-0.2, 0) is 27.4 Å². The Hall–Kier alpha value is -2.67.